The smallest absolute Gasteiger partial charge is 0.339 e. The number of carboxylic acids is 1. The second-order valence-corrected chi connectivity index (χ2v) is 5.30. The topological polar surface area (TPSA) is 66.8 Å². The molecule has 4 heteroatoms. The summed E-state index contributed by atoms with van der Waals surface area (Å²) in [6, 6.07) is 12.5. The van der Waals surface area contributed by atoms with E-state index in [2.05, 4.69) is 26.0 Å². The molecule has 0 saturated carbocycles. The van der Waals surface area contributed by atoms with Gasteiger partial charge < -0.3 is 14.9 Å². The van der Waals surface area contributed by atoms with Crippen LogP contribution in [0, 0.1) is 0 Å². The summed E-state index contributed by atoms with van der Waals surface area (Å²) < 4.78 is 5.53. The number of benzene rings is 2. The summed E-state index contributed by atoms with van der Waals surface area (Å²) in [5.74, 6) is -0.829. The van der Waals surface area contributed by atoms with Gasteiger partial charge in [0.15, 0.2) is 11.5 Å². The molecule has 0 aliphatic rings. The van der Waals surface area contributed by atoms with Gasteiger partial charge in [-0.2, -0.15) is 0 Å². The normalized spacial score (nSPS) is 11.9. The number of hydrogen-bond donors (Lipinski definition) is 2. The summed E-state index contributed by atoms with van der Waals surface area (Å²) in [7, 11) is 0. The highest BCUT2D eigenvalue weighted by molar-refractivity contribution is 5.91. The van der Waals surface area contributed by atoms with Gasteiger partial charge in [0, 0.05) is 0 Å². The summed E-state index contributed by atoms with van der Waals surface area (Å²) in [4.78, 5) is 11.0. The Hall–Kier alpha value is -2.49. The maximum atomic E-state index is 11.0. The van der Waals surface area contributed by atoms with Crippen molar-refractivity contribution in [3.8, 4) is 11.5 Å². The molecule has 0 bridgehead atoms. The van der Waals surface area contributed by atoms with Crippen LogP contribution in [0.5, 0.6) is 11.5 Å². The molecule has 0 saturated heterocycles. The highest BCUT2D eigenvalue weighted by atomic mass is 16.5. The molecule has 2 rings (SSSR count). The van der Waals surface area contributed by atoms with Crippen molar-refractivity contribution in [2.75, 3.05) is 0 Å². The summed E-state index contributed by atoms with van der Waals surface area (Å²) >= 11 is 0. The van der Waals surface area contributed by atoms with Crippen LogP contribution in [-0.2, 0) is 6.61 Å². The van der Waals surface area contributed by atoms with Crippen molar-refractivity contribution in [1.82, 2.24) is 0 Å². The first kappa shape index (κ1) is 15.9. The Balaban J connectivity index is 2.07. The van der Waals surface area contributed by atoms with E-state index in [1.807, 2.05) is 12.1 Å². The average Bonchev–Trinajstić information content (AvgIpc) is 2.53. The van der Waals surface area contributed by atoms with Crippen molar-refractivity contribution < 1.29 is 19.7 Å². The van der Waals surface area contributed by atoms with Gasteiger partial charge in [-0.1, -0.05) is 44.2 Å². The molecule has 0 aromatic heterocycles. The lowest BCUT2D eigenvalue weighted by Crippen LogP contribution is -2.01. The van der Waals surface area contributed by atoms with Crippen LogP contribution in [0.4, 0.5) is 0 Å². The molecule has 0 aliphatic heterocycles. The zero-order chi connectivity index (χ0) is 16.1. The molecule has 0 fully saturated rings. The standard InChI is InChI=1S/C18H20O4/c1-3-12(2)14-9-7-13(8-10-14)11-22-16-6-4-5-15(17(16)19)18(20)21/h4-10,12,19H,3,11H2,1-2H3,(H,20,21). The molecule has 1 unspecified atom stereocenters. The van der Waals surface area contributed by atoms with E-state index in [-0.39, 0.29) is 23.7 Å². The SMILES string of the molecule is CCC(C)c1ccc(COc2cccc(C(=O)O)c2O)cc1. The second kappa shape index (κ2) is 6.98. The molecular weight excluding hydrogens is 280 g/mol. The van der Waals surface area contributed by atoms with Crippen LogP contribution in [0.2, 0.25) is 0 Å². The number of aromatic carboxylic acids is 1. The number of hydrogen-bond acceptors (Lipinski definition) is 3. The first-order valence-corrected chi connectivity index (χ1v) is 7.29. The Labute approximate surface area is 130 Å². The van der Waals surface area contributed by atoms with E-state index >= 15 is 0 Å². The van der Waals surface area contributed by atoms with Gasteiger partial charge in [-0.05, 0) is 35.6 Å². The second-order valence-electron chi connectivity index (χ2n) is 5.30. The lowest BCUT2D eigenvalue weighted by Gasteiger charge is -2.12. The summed E-state index contributed by atoms with van der Waals surface area (Å²) in [6.45, 7) is 4.61. The number of para-hydroxylation sites is 1. The summed E-state index contributed by atoms with van der Waals surface area (Å²) in [5, 5.41) is 18.8. The largest absolute Gasteiger partial charge is 0.504 e. The number of carboxylic acid groups (broad SMARTS) is 1. The predicted octanol–water partition coefficient (Wildman–Crippen LogP) is 4.18. The quantitative estimate of drug-likeness (QED) is 0.839. The number of phenols is 1. The predicted molar refractivity (Wildman–Crippen MR) is 84.5 cm³/mol. The fourth-order valence-corrected chi connectivity index (χ4v) is 2.15. The molecule has 116 valence electrons. The van der Waals surface area contributed by atoms with Crippen LogP contribution in [0.1, 0.15) is 47.7 Å². The van der Waals surface area contributed by atoms with E-state index in [1.54, 1.807) is 12.1 Å². The zero-order valence-electron chi connectivity index (χ0n) is 12.7. The minimum atomic E-state index is -1.18. The Bertz CT molecular complexity index is 647. The van der Waals surface area contributed by atoms with E-state index < -0.39 is 5.97 Å². The fourth-order valence-electron chi connectivity index (χ4n) is 2.15. The molecule has 0 aliphatic carbocycles. The van der Waals surface area contributed by atoms with Crippen LogP contribution in [0.25, 0.3) is 0 Å². The molecular formula is C18H20O4. The van der Waals surface area contributed by atoms with E-state index in [1.165, 1.54) is 11.6 Å². The highest BCUT2D eigenvalue weighted by Crippen LogP contribution is 2.30. The number of aromatic hydroxyl groups is 1. The van der Waals surface area contributed by atoms with Crippen LogP contribution in [0.15, 0.2) is 42.5 Å². The lowest BCUT2D eigenvalue weighted by molar-refractivity contribution is 0.0692. The molecule has 2 aromatic carbocycles. The van der Waals surface area contributed by atoms with Gasteiger partial charge in [0.05, 0.1) is 0 Å². The fraction of sp³-hybridized carbons (Fsp3) is 0.278. The lowest BCUT2D eigenvalue weighted by atomic mass is 9.98. The number of carbonyl (C=O) groups is 1. The van der Waals surface area contributed by atoms with Crippen molar-refractivity contribution in [3.05, 3.63) is 59.2 Å². The number of rotatable bonds is 6. The van der Waals surface area contributed by atoms with E-state index in [0.29, 0.717) is 5.92 Å². The average molecular weight is 300 g/mol. The van der Waals surface area contributed by atoms with Crippen molar-refractivity contribution in [2.24, 2.45) is 0 Å². The minimum Gasteiger partial charge on any atom is -0.504 e. The zero-order valence-corrected chi connectivity index (χ0v) is 12.7. The van der Waals surface area contributed by atoms with Gasteiger partial charge in [-0.3, -0.25) is 0 Å². The molecule has 0 spiro atoms. The number of ether oxygens (including phenoxy) is 1. The van der Waals surface area contributed by atoms with Crippen molar-refractivity contribution in [2.45, 2.75) is 32.8 Å². The molecule has 0 amide bonds. The Morgan fingerprint density at radius 1 is 1.18 bits per heavy atom. The highest BCUT2D eigenvalue weighted by Gasteiger charge is 2.13. The third kappa shape index (κ3) is 3.58. The molecule has 1 atom stereocenters. The van der Waals surface area contributed by atoms with E-state index in [4.69, 9.17) is 9.84 Å². The maximum absolute atomic E-state index is 11.0. The van der Waals surface area contributed by atoms with Gasteiger partial charge in [0.25, 0.3) is 0 Å². The van der Waals surface area contributed by atoms with Gasteiger partial charge in [0.1, 0.15) is 12.2 Å². The van der Waals surface area contributed by atoms with Gasteiger partial charge >= 0.3 is 5.97 Å². The maximum Gasteiger partial charge on any atom is 0.339 e. The van der Waals surface area contributed by atoms with E-state index in [0.717, 1.165) is 12.0 Å². The summed E-state index contributed by atoms with van der Waals surface area (Å²) in [5.41, 5.74) is 2.08. The van der Waals surface area contributed by atoms with Crippen LogP contribution < -0.4 is 4.74 Å². The van der Waals surface area contributed by atoms with E-state index in [9.17, 15) is 9.90 Å². The first-order valence-electron chi connectivity index (χ1n) is 7.29. The van der Waals surface area contributed by atoms with Crippen LogP contribution in [0.3, 0.4) is 0 Å². The third-order valence-corrected chi connectivity index (χ3v) is 3.78. The van der Waals surface area contributed by atoms with Gasteiger partial charge in [-0.25, -0.2) is 4.79 Å². The Morgan fingerprint density at radius 2 is 1.86 bits per heavy atom. The minimum absolute atomic E-state index is 0.162. The van der Waals surface area contributed by atoms with Gasteiger partial charge in [-0.15, -0.1) is 0 Å². The molecule has 2 N–H and O–H groups in total. The molecule has 0 radical (unpaired) electrons. The first-order chi connectivity index (χ1) is 10.5. The van der Waals surface area contributed by atoms with Crippen LogP contribution in [-0.4, -0.2) is 16.2 Å². The molecule has 22 heavy (non-hydrogen) atoms. The van der Waals surface area contributed by atoms with Crippen molar-refractivity contribution in [1.29, 1.82) is 0 Å². The molecule has 2 aromatic rings. The van der Waals surface area contributed by atoms with Crippen molar-refractivity contribution in [3.63, 3.8) is 0 Å². The van der Waals surface area contributed by atoms with Crippen LogP contribution >= 0.6 is 0 Å². The molecule has 4 nitrogen and oxygen atoms in total. The van der Waals surface area contributed by atoms with Crippen molar-refractivity contribution >= 4 is 5.97 Å². The Morgan fingerprint density at radius 3 is 2.45 bits per heavy atom. The third-order valence-electron chi connectivity index (χ3n) is 3.78. The summed E-state index contributed by atoms with van der Waals surface area (Å²) in [6.07, 6.45) is 1.09. The van der Waals surface area contributed by atoms with Gasteiger partial charge in [0.2, 0.25) is 0 Å². The molecule has 0 heterocycles. The monoisotopic (exact) mass is 300 g/mol. The Kier molecular flexibility index (Phi) is 5.04.